The lowest BCUT2D eigenvalue weighted by atomic mass is 9.85. The molecule has 2 saturated heterocycles. The molecular weight excluding hydrogens is 423 g/mol. The van der Waals surface area contributed by atoms with Gasteiger partial charge in [-0.3, -0.25) is 9.36 Å². The number of morpholine rings is 1. The molecule has 2 atom stereocenters. The number of fused-ring (bicyclic) bond motifs is 1. The molecule has 0 amide bonds. The summed E-state index contributed by atoms with van der Waals surface area (Å²) >= 11 is 5.96. The van der Waals surface area contributed by atoms with Gasteiger partial charge in [0.25, 0.3) is 5.56 Å². The van der Waals surface area contributed by atoms with Gasteiger partial charge in [-0.1, -0.05) is 11.6 Å². The number of aryl methyl sites for hydroxylation is 1. The zero-order chi connectivity index (χ0) is 21.8. The van der Waals surface area contributed by atoms with Crippen LogP contribution in [0.15, 0.2) is 29.1 Å². The van der Waals surface area contributed by atoms with Crippen molar-refractivity contribution in [1.29, 1.82) is 0 Å². The number of aromatic nitrogens is 3. The molecule has 9 heteroatoms. The van der Waals surface area contributed by atoms with E-state index in [1.807, 2.05) is 0 Å². The Balaban J connectivity index is 1.83. The third-order valence-electron chi connectivity index (χ3n) is 6.15. The molecule has 7 nitrogen and oxygen atoms in total. The number of benzene rings is 1. The normalized spacial score (nSPS) is 23.7. The molecule has 31 heavy (non-hydrogen) atoms. The van der Waals surface area contributed by atoms with Gasteiger partial charge in [0.1, 0.15) is 17.2 Å². The van der Waals surface area contributed by atoms with Crippen molar-refractivity contribution < 1.29 is 13.9 Å². The van der Waals surface area contributed by atoms with Gasteiger partial charge in [0.05, 0.1) is 35.0 Å². The first-order valence-corrected chi connectivity index (χ1v) is 10.6. The van der Waals surface area contributed by atoms with E-state index in [1.54, 1.807) is 26.1 Å². The van der Waals surface area contributed by atoms with Crippen LogP contribution in [0.25, 0.3) is 22.2 Å². The minimum absolute atomic E-state index is 0.180. The van der Waals surface area contributed by atoms with E-state index in [4.69, 9.17) is 26.1 Å². The first-order valence-electron chi connectivity index (χ1n) is 10.2. The first-order chi connectivity index (χ1) is 14.9. The fraction of sp³-hybridized carbons (Fsp3) is 0.409. The van der Waals surface area contributed by atoms with Gasteiger partial charge in [-0.05, 0) is 31.2 Å². The summed E-state index contributed by atoms with van der Waals surface area (Å²) in [5.41, 5.74) is 0.306. The Morgan fingerprint density at radius 3 is 2.74 bits per heavy atom. The van der Waals surface area contributed by atoms with E-state index in [9.17, 15) is 9.18 Å². The summed E-state index contributed by atoms with van der Waals surface area (Å²) in [6.45, 7) is 4.13. The van der Waals surface area contributed by atoms with Crippen LogP contribution in [0, 0.1) is 12.7 Å². The van der Waals surface area contributed by atoms with E-state index in [1.165, 1.54) is 16.7 Å². The Bertz CT molecular complexity index is 1240. The summed E-state index contributed by atoms with van der Waals surface area (Å²) in [7, 11) is 1.64. The van der Waals surface area contributed by atoms with Crippen LogP contribution in [-0.2, 0) is 22.1 Å². The monoisotopic (exact) mass is 444 g/mol. The van der Waals surface area contributed by atoms with Crippen LogP contribution < -0.4 is 10.9 Å². The molecule has 4 heterocycles. The number of hydrogen-bond acceptors (Lipinski definition) is 6. The van der Waals surface area contributed by atoms with Crippen molar-refractivity contribution in [1.82, 2.24) is 19.9 Å². The lowest BCUT2D eigenvalue weighted by Crippen LogP contribution is -2.58. The highest BCUT2D eigenvalue weighted by Gasteiger charge is 2.48. The third kappa shape index (κ3) is 3.25. The maximum absolute atomic E-state index is 15.0. The molecule has 5 rings (SSSR count). The minimum atomic E-state index is -0.834. The van der Waals surface area contributed by atoms with Gasteiger partial charge >= 0.3 is 0 Å². The number of nitrogens with zero attached hydrogens (tertiary/aromatic N) is 3. The zero-order valence-corrected chi connectivity index (χ0v) is 18.0. The molecule has 0 saturated carbocycles. The molecule has 0 spiro atoms. The van der Waals surface area contributed by atoms with Crippen molar-refractivity contribution >= 4 is 22.5 Å². The summed E-state index contributed by atoms with van der Waals surface area (Å²) in [6, 6.07) is 6.10. The quantitative estimate of drug-likeness (QED) is 0.669. The zero-order valence-electron chi connectivity index (χ0n) is 17.2. The molecule has 162 valence electrons. The summed E-state index contributed by atoms with van der Waals surface area (Å²) in [5.74, 6) is -0.00785. The SMILES string of the molecule is Cc1nc2cc([C@]3([C@H]4CCO4)CNCCO3)nc(-c3ccc(Cl)cc3F)c2c(=O)n1C. The standard InChI is InChI=1S/C22H22ClFN4O3/c1-12-26-16-10-17(22(18-5-7-30-18)11-25-6-8-31-22)27-20(19(16)21(29)28(12)2)14-4-3-13(23)9-15(14)24/h3-4,9-10,18,25H,5-8,11H2,1-2H3/t18-,22+/m1/s1. The number of rotatable bonds is 3. The number of hydrogen-bond donors (Lipinski definition) is 1. The van der Waals surface area contributed by atoms with Crippen LogP contribution in [-0.4, -0.2) is 46.9 Å². The fourth-order valence-corrected chi connectivity index (χ4v) is 4.42. The van der Waals surface area contributed by atoms with Gasteiger partial charge in [-0.2, -0.15) is 0 Å². The van der Waals surface area contributed by atoms with E-state index in [0.717, 1.165) is 13.0 Å². The van der Waals surface area contributed by atoms with Crippen molar-refractivity contribution in [3.8, 4) is 11.3 Å². The molecule has 2 aromatic heterocycles. The smallest absolute Gasteiger partial charge is 0.263 e. The van der Waals surface area contributed by atoms with Gasteiger partial charge in [0.15, 0.2) is 0 Å². The minimum Gasteiger partial charge on any atom is -0.375 e. The number of halogens is 2. The average Bonchev–Trinajstić information content (AvgIpc) is 2.71. The van der Waals surface area contributed by atoms with E-state index < -0.39 is 11.4 Å². The van der Waals surface area contributed by atoms with Gasteiger partial charge < -0.3 is 14.8 Å². The highest BCUT2D eigenvalue weighted by molar-refractivity contribution is 6.30. The molecule has 0 radical (unpaired) electrons. The van der Waals surface area contributed by atoms with Gasteiger partial charge in [-0.25, -0.2) is 14.4 Å². The summed E-state index contributed by atoms with van der Waals surface area (Å²) in [5, 5.41) is 3.88. The number of nitrogens with one attached hydrogen (secondary N) is 1. The van der Waals surface area contributed by atoms with Gasteiger partial charge in [0.2, 0.25) is 0 Å². The highest BCUT2D eigenvalue weighted by atomic mass is 35.5. The number of pyridine rings is 1. The Kier molecular flexibility index (Phi) is 5.05. The summed E-state index contributed by atoms with van der Waals surface area (Å²) in [6.07, 6.45) is 0.649. The van der Waals surface area contributed by atoms with Gasteiger partial charge in [0, 0.05) is 43.8 Å². The van der Waals surface area contributed by atoms with Crippen molar-refractivity contribution in [2.75, 3.05) is 26.3 Å². The van der Waals surface area contributed by atoms with Crippen molar-refractivity contribution in [2.45, 2.75) is 25.0 Å². The Hall–Kier alpha value is -2.39. The van der Waals surface area contributed by atoms with E-state index in [2.05, 4.69) is 10.3 Å². The molecule has 3 aromatic rings. The molecule has 0 unspecified atom stereocenters. The highest BCUT2D eigenvalue weighted by Crippen LogP contribution is 2.39. The summed E-state index contributed by atoms with van der Waals surface area (Å²) in [4.78, 5) is 22.6. The fourth-order valence-electron chi connectivity index (χ4n) is 4.26. The molecule has 2 aliphatic heterocycles. The second kappa shape index (κ2) is 7.63. The van der Waals surface area contributed by atoms with Crippen LogP contribution >= 0.6 is 11.6 Å². The molecule has 2 fully saturated rings. The summed E-state index contributed by atoms with van der Waals surface area (Å²) < 4.78 is 28.5. The maximum Gasteiger partial charge on any atom is 0.263 e. The molecule has 2 aliphatic rings. The van der Waals surface area contributed by atoms with Crippen molar-refractivity contribution in [3.05, 3.63) is 57.0 Å². The third-order valence-corrected chi connectivity index (χ3v) is 6.38. The van der Waals surface area contributed by atoms with Crippen LogP contribution in [0.3, 0.4) is 0 Å². The van der Waals surface area contributed by atoms with Crippen LogP contribution in [0.1, 0.15) is 17.9 Å². The maximum atomic E-state index is 15.0. The predicted molar refractivity (Wildman–Crippen MR) is 115 cm³/mol. The Morgan fingerprint density at radius 1 is 1.29 bits per heavy atom. The van der Waals surface area contributed by atoms with E-state index in [-0.39, 0.29) is 33.3 Å². The van der Waals surface area contributed by atoms with Crippen LogP contribution in [0.5, 0.6) is 0 Å². The second-order valence-electron chi connectivity index (χ2n) is 7.96. The lowest BCUT2D eigenvalue weighted by Gasteiger charge is -2.46. The number of ether oxygens (including phenoxy) is 2. The molecule has 0 aliphatic carbocycles. The van der Waals surface area contributed by atoms with Crippen molar-refractivity contribution in [3.63, 3.8) is 0 Å². The molecular formula is C22H22ClFN4O3. The first kappa shape index (κ1) is 20.5. The predicted octanol–water partition coefficient (Wildman–Crippen LogP) is 2.70. The van der Waals surface area contributed by atoms with Crippen LogP contribution in [0.4, 0.5) is 4.39 Å². The van der Waals surface area contributed by atoms with Gasteiger partial charge in [-0.15, -0.1) is 0 Å². The largest absolute Gasteiger partial charge is 0.375 e. The topological polar surface area (TPSA) is 78.3 Å². The Morgan fingerprint density at radius 2 is 2.10 bits per heavy atom. The van der Waals surface area contributed by atoms with E-state index in [0.29, 0.717) is 36.8 Å². The molecule has 1 aromatic carbocycles. The lowest BCUT2D eigenvalue weighted by molar-refractivity contribution is -0.212. The molecule has 1 N–H and O–H groups in total. The Labute approximate surface area is 183 Å². The second-order valence-corrected chi connectivity index (χ2v) is 8.40. The van der Waals surface area contributed by atoms with Crippen LogP contribution in [0.2, 0.25) is 5.02 Å². The van der Waals surface area contributed by atoms with E-state index >= 15 is 0 Å². The van der Waals surface area contributed by atoms with Crippen molar-refractivity contribution in [2.24, 2.45) is 7.05 Å². The molecule has 0 bridgehead atoms. The average molecular weight is 445 g/mol.